The molecular formula is C40H44N12O6. The highest BCUT2D eigenvalue weighted by atomic mass is 16.5. The Labute approximate surface area is 333 Å². The van der Waals surface area contributed by atoms with E-state index < -0.39 is 6.04 Å². The minimum Gasteiger partial charge on any atom is -0.422 e. The van der Waals surface area contributed by atoms with Gasteiger partial charge in [-0.2, -0.15) is 10.1 Å². The van der Waals surface area contributed by atoms with Gasteiger partial charge < -0.3 is 34.1 Å². The number of rotatable bonds is 8. The predicted octanol–water partition coefficient (Wildman–Crippen LogP) is 2.15. The maximum Gasteiger partial charge on any atom is 0.300 e. The van der Waals surface area contributed by atoms with Crippen molar-refractivity contribution in [2.75, 3.05) is 92.1 Å². The molecule has 2 N–H and O–H groups in total. The first-order chi connectivity index (χ1) is 28.3. The number of imidazole rings is 1. The summed E-state index contributed by atoms with van der Waals surface area (Å²) < 4.78 is 13.4. The van der Waals surface area contributed by atoms with E-state index in [1.54, 1.807) is 40.0 Å². The molecule has 300 valence electrons. The van der Waals surface area contributed by atoms with Crippen molar-refractivity contribution in [2.24, 2.45) is 5.92 Å². The van der Waals surface area contributed by atoms with Crippen LogP contribution in [0.25, 0.3) is 16.9 Å². The number of anilines is 4. The smallest absolute Gasteiger partial charge is 0.300 e. The first-order valence-corrected chi connectivity index (χ1v) is 20.1. The Morgan fingerprint density at radius 3 is 2.52 bits per heavy atom. The second-order valence-corrected chi connectivity index (χ2v) is 15.6. The summed E-state index contributed by atoms with van der Waals surface area (Å²) in [6.45, 7) is 8.94. The van der Waals surface area contributed by atoms with Crippen LogP contribution >= 0.6 is 0 Å². The number of carbonyl (C=O) groups is 4. The number of pyridine rings is 1. The molecule has 1 atom stereocenters. The number of piperazine rings is 1. The van der Waals surface area contributed by atoms with Crippen molar-refractivity contribution in [3.8, 4) is 0 Å². The van der Waals surface area contributed by atoms with Crippen molar-refractivity contribution in [3.05, 3.63) is 65.6 Å². The van der Waals surface area contributed by atoms with E-state index in [1.807, 2.05) is 12.1 Å². The lowest BCUT2D eigenvalue weighted by Crippen LogP contribution is -2.52. The zero-order chi connectivity index (χ0) is 39.3. The number of amides is 4. The van der Waals surface area contributed by atoms with E-state index in [0.29, 0.717) is 85.1 Å². The Kier molecular flexibility index (Phi) is 9.36. The molecule has 18 heteroatoms. The quantitative estimate of drug-likeness (QED) is 0.218. The van der Waals surface area contributed by atoms with E-state index in [4.69, 9.17) is 19.1 Å². The van der Waals surface area contributed by atoms with Gasteiger partial charge >= 0.3 is 0 Å². The molecule has 10 rings (SSSR count). The monoisotopic (exact) mass is 788 g/mol. The van der Waals surface area contributed by atoms with Crippen LogP contribution in [0.4, 0.5) is 23.2 Å². The van der Waals surface area contributed by atoms with E-state index >= 15 is 0 Å². The average molecular weight is 789 g/mol. The molecule has 9 heterocycles. The molecule has 4 aromatic heterocycles. The first kappa shape index (κ1) is 36.2. The lowest BCUT2D eigenvalue weighted by Gasteiger charge is -2.39. The van der Waals surface area contributed by atoms with Crippen LogP contribution in [0.2, 0.25) is 0 Å². The highest BCUT2D eigenvalue weighted by Crippen LogP contribution is 2.34. The van der Waals surface area contributed by atoms with Crippen LogP contribution in [0.3, 0.4) is 0 Å². The van der Waals surface area contributed by atoms with Gasteiger partial charge in [-0.15, -0.1) is 0 Å². The molecule has 5 aliphatic heterocycles. The summed E-state index contributed by atoms with van der Waals surface area (Å²) >= 11 is 0. The van der Waals surface area contributed by atoms with Gasteiger partial charge in [0.2, 0.25) is 17.5 Å². The number of fused-ring (bicyclic) bond motifs is 3. The number of ether oxygens (including phenoxy) is 1. The fraction of sp³-hybridized carbons (Fsp3) is 0.450. The molecule has 1 unspecified atom stereocenters. The summed E-state index contributed by atoms with van der Waals surface area (Å²) in [4.78, 5) is 75.6. The third-order valence-corrected chi connectivity index (χ3v) is 12.0. The van der Waals surface area contributed by atoms with Gasteiger partial charge in [-0.3, -0.25) is 29.4 Å². The Morgan fingerprint density at radius 1 is 0.879 bits per heavy atom. The SMILES string of the molecule is O=C1CCC(N2Cc3ccc(N4CCC(CN5CCN(c6nc7nc(N8CCOCC8)c(NC(=O)c8ccc9nccn9n8)cc7o6)CC5)CC4)cc3C2=O)C(=O)N1. The maximum atomic E-state index is 13.4. The summed E-state index contributed by atoms with van der Waals surface area (Å²) in [7, 11) is 0. The summed E-state index contributed by atoms with van der Waals surface area (Å²) in [6, 6.07) is 11.2. The fourth-order valence-corrected chi connectivity index (χ4v) is 8.81. The van der Waals surface area contributed by atoms with Crippen molar-refractivity contribution in [1.82, 2.24) is 39.7 Å². The number of benzene rings is 1. The molecule has 0 aliphatic carbocycles. The molecule has 0 saturated carbocycles. The van der Waals surface area contributed by atoms with Crippen molar-refractivity contribution in [1.29, 1.82) is 0 Å². The van der Waals surface area contributed by atoms with Gasteiger partial charge in [0, 0.05) is 102 Å². The molecule has 0 bridgehead atoms. The number of hydrogen-bond donors (Lipinski definition) is 2. The van der Waals surface area contributed by atoms with E-state index in [1.165, 1.54) is 0 Å². The van der Waals surface area contributed by atoms with Crippen LogP contribution in [0.5, 0.6) is 0 Å². The molecular weight excluding hydrogens is 745 g/mol. The molecule has 0 radical (unpaired) electrons. The number of oxazole rings is 1. The average Bonchev–Trinajstić information content (AvgIpc) is 3.98. The highest BCUT2D eigenvalue weighted by Gasteiger charge is 2.39. The second kappa shape index (κ2) is 15.0. The van der Waals surface area contributed by atoms with Crippen molar-refractivity contribution in [3.63, 3.8) is 0 Å². The normalized spacial score (nSPS) is 21.0. The van der Waals surface area contributed by atoms with Crippen molar-refractivity contribution >= 4 is 63.7 Å². The van der Waals surface area contributed by atoms with Crippen LogP contribution in [-0.4, -0.2) is 136 Å². The number of aromatic nitrogens is 5. The molecule has 0 spiro atoms. The van der Waals surface area contributed by atoms with Crippen LogP contribution in [-0.2, 0) is 20.9 Å². The van der Waals surface area contributed by atoms with Gasteiger partial charge in [0.25, 0.3) is 17.8 Å². The molecule has 4 amide bonds. The minimum atomic E-state index is -0.609. The van der Waals surface area contributed by atoms with Gasteiger partial charge in [0.15, 0.2) is 17.0 Å². The van der Waals surface area contributed by atoms with Crippen LogP contribution < -0.4 is 25.3 Å². The highest BCUT2D eigenvalue weighted by molar-refractivity contribution is 6.06. The van der Waals surface area contributed by atoms with Crippen LogP contribution in [0, 0.1) is 5.92 Å². The largest absolute Gasteiger partial charge is 0.422 e. The zero-order valence-electron chi connectivity index (χ0n) is 32.0. The van der Waals surface area contributed by atoms with Gasteiger partial charge in [-0.25, -0.2) is 14.5 Å². The Hall–Kier alpha value is -6.14. The third-order valence-electron chi connectivity index (χ3n) is 12.0. The molecule has 5 aliphatic rings. The molecule has 4 fully saturated rings. The lowest BCUT2D eigenvalue weighted by molar-refractivity contribution is -0.136. The lowest BCUT2D eigenvalue weighted by atomic mass is 9.95. The maximum absolute atomic E-state index is 13.4. The standard InChI is InChI=1S/C40H44N12O6/c53-34-6-4-31(38(55)43-34)51-24-26-1-2-27(21-28(26)39(51)56)48-10-7-25(8-11-48)23-47-13-15-50(16-14-47)40-45-35-32(58-40)22-30(36(44-35)49-17-19-57-20-18-49)42-37(54)29-3-5-33-41-9-12-52(33)46-29/h1-3,5,9,12,21-22,25,31H,4,6-8,10-11,13-20,23-24H2,(H,42,54)(H,43,53,55). The molecule has 58 heavy (non-hydrogen) atoms. The zero-order valence-corrected chi connectivity index (χ0v) is 32.0. The number of morpholine rings is 1. The predicted molar refractivity (Wildman–Crippen MR) is 212 cm³/mol. The van der Waals surface area contributed by atoms with Crippen molar-refractivity contribution in [2.45, 2.75) is 38.3 Å². The van der Waals surface area contributed by atoms with E-state index in [0.717, 1.165) is 69.9 Å². The summed E-state index contributed by atoms with van der Waals surface area (Å²) in [6.07, 6.45) is 6.06. The molecule has 5 aromatic rings. The number of piperidine rings is 2. The summed E-state index contributed by atoms with van der Waals surface area (Å²) in [5.74, 6) is 0.00512. The van der Waals surface area contributed by atoms with E-state index in [9.17, 15) is 19.2 Å². The number of carbonyl (C=O) groups excluding carboxylic acids is 4. The molecule has 4 saturated heterocycles. The van der Waals surface area contributed by atoms with Crippen molar-refractivity contribution < 1.29 is 28.3 Å². The van der Waals surface area contributed by atoms with Gasteiger partial charge in [0.1, 0.15) is 11.7 Å². The number of nitrogens with one attached hydrogen (secondary N) is 2. The Balaban J connectivity index is 0.751. The molecule has 1 aromatic carbocycles. The van der Waals surface area contributed by atoms with E-state index in [2.05, 4.69) is 46.4 Å². The number of nitrogens with zero attached hydrogens (tertiary/aromatic N) is 10. The molecule has 18 nitrogen and oxygen atoms in total. The van der Waals surface area contributed by atoms with Crippen LogP contribution in [0.15, 0.2) is 53.2 Å². The topological polar surface area (TPSA) is 187 Å². The van der Waals surface area contributed by atoms with Gasteiger partial charge in [0.05, 0.1) is 18.9 Å². The summed E-state index contributed by atoms with van der Waals surface area (Å²) in [5.41, 5.74) is 5.01. The van der Waals surface area contributed by atoms with Gasteiger partial charge in [-0.1, -0.05) is 6.07 Å². The summed E-state index contributed by atoms with van der Waals surface area (Å²) in [5, 5.41) is 9.80. The van der Waals surface area contributed by atoms with Crippen LogP contribution in [0.1, 0.15) is 52.1 Å². The number of hydrogen-bond acceptors (Lipinski definition) is 14. The Bertz CT molecular complexity index is 2410. The minimum absolute atomic E-state index is 0.140. The Morgan fingerprint density at radius 2 is 1.71 bits per heavy atom. The first-order valence-electron chi connectivity index (χ1n) is 20.1. The second-order valence-electron chi connectivity index (χ2n) is 15.6. The van der Waals surface area contributed by atoms with E-state index in [-0.39, 0.29) is 35.7 Å². The number of imide groups is 1. The third kappa shape index (κ3) is 6.95. The fourth-order valence-electron chi connectivity index (χ4n) is 8.81. The van der Waals surface area contributed by atoms with Gasteiger partial charge in [-0.05, 0) is 55.0 Å².